The number of thiophene rings is 1. The molecule has 1 aliphatic carbocycles. The Kier molecular flexibility index (Phi) is 6.78. The third kappa shape index (κ3) is 4.64. The summed E-state index contributed by atoms with van der Waals surface area (Å²) in [6, 6.07) is 4.84. The Labute approximate surface area is 195 Å². The number of benzene rings is 1. The van der Waals surface area contributed by atoms with Crippen LogP contribution >= 0.6 is 11.3 Å². The molecule has 8 nitrogen and oxygen atoms in total. The minimum Gasteiger partial charge on any atom is -0.493 e. The minimum absolute atomic E-state index is 0.0698. The summed E-state index contributed by atoms with van der Waals surface area (Å²) in [4.78, 5) is 43.9. The number of carbonyl (C=O) groups excluding carboxylic acids is 2. The van der Waals surface area contributed by atoms with Gasteiger partial charge in [0.2, 0.25) is 0 Å². The summed E-state index contributed by atoms with van der Waals surface area (Å²) in [5.41, 5.74) is 0.568. The van der Waals surface area contributed by atoms with Crippen molar-refractivity contribution in [2.75, 3.05) is 14.2 Å². The number of aromatic nitrogens is 2. The maximum Gasteiger partial charge on any atom is 0.348 e. The van der Waals surface area contributed by atoms with Gasteiger partial charge in [-0.1, -0.05) is 6.42 Å². The number of aryl methyl sites for hydroxylation is 1. The monoisotopic (exact) mass is 470 g/mol. The predicted octanol–water partition coefficient (Wildman–Crippen LogP) is 4.16. The number of hydrogen-bond acceptors (Lipinski definition) is 8. The van der Waals surface area contributed by atoms with E-state index in [1.807, 2.05) is 0 Å². The molecule has 0 radical (unpaired) electrons. The van der Waals surface area contributed by atoms with Gasteiger partial charge in [0.25, 0.3) is 5.56 Å². The molecule has 1 saturated carbocycles. The topological polar surface area (TPSA) is 96.7 Å². The van der Waals surface area contributed by atoms with Crippen LogP contribution in [0.15, 0.2) is 29.3 Å². The quantitative estimate of drug-likeness (QED) is 0.378. The fourth-order valence-corrected chi connectivity index (χ4v) is 5.13. The van der Waals surface area contributed by atoms with Crippen LogP contribution in [0.25, 0.3) is 10.2 Å². The number of hydrogen-bond donors (Lipinski definition) is 0. The second-order valence-electron chi connectivity index (χ2n) is 8.07. The molecule has 0 amide bonds. The van der Waals surface area contributed by atoms with Gasteiger partial charge in [0, 0.05) is 5.56 Å². The van der Waals surface area contributed by atoms with E-state index in [4.69, 9.17) is 14.2 Å². The molecule has 0 N–H and O–H groups in total. The van der Waals surface area contributed by atoms with Gasteiger partial charge in [-0.2, -0.15) is 0 Å². The second kappa shape index (κ2) is 9.74. The first-order valence-electron chi connectivity index (χ1n) is 10.9. The Balaban J connectivity index is 1.59. The zero-order valence-corrected chi connectivity index (χ0v) is 19.7. The second-order valence-corrected chi connectivity index (χ2v) is 9.07. The summed E-state index contributed by atoms with van der Waals surface area (Å²) in [7, 11) is 3.01. The van der Waals surface area contributed by atoms with Crippen molar-refractivity contribution in [2.24, 2.45) is 0 Å². The Bertz CT molecular complexity index is 1260. The third-order valence-electron chi connectivity index (χ3n) is 5.95. The van der Waals surface area contributed by atoms with Crippen LogP contribution < -0.4 is 15.0 Å². The number of ketones is 1. The van der Waals surface area contributed by atoms with Crippen molar-refractivity contribution >= 4 is 33.3 Å². The van der Waals surface area contributed by atoms with Gasteiger partial charge in [-0.15, -0.1) is 11.3 Å². The lowest BCUT2D eigenvalue weighted by Gasteiger charge is -2.21. The molecule has 0 unspecified atom stereocenters. The molecule has 0 bridgehead atoms. The number of Topliss-reactive ketones (excluding diaryl/α,β-unsaturated/α-hetero) is 1. The van der Waals surface area contributed by atoms with Gasteiger partial charge in [0.05, 0.1) is 32.5 Å². The van der Waals surface area contributed by atoms with Gasteiger partial charge in [-0.25, -0.2) is 9.78 Å². The van der Waals surface area contributed by atoms with Crippen LogP contribution in [0.2, 0.25) is 0 Å². The molecule has 2 heterocycles. The first-order chi connectivity index (χ1) is 15.9. The summed E-state index contributed by atoms with van der Waals surface area (Å²) in [5, 5.41) is 0.346. The number of rotatable bonds is 7. The van der Waals surface area contributed by atoms with Crippen LogP contribution in [-0.4, -0.2) is 41.6 Å². The Morgan fingerprint density at radius 2 is 1.85 bits per heavy atom. The molecule has 1 fully saturated rings. The SMILES string of the molecule is COc1ccc(C(=O)Cn2cnc3sc(C(=O)OC4CCCCC4)c(C)c3c2=O)cc1OC. The highest BCUT2D eigenvalue weighted by Gasteiger charge is 2.24. The molecule has 0 aliphatic heterocycles. The predicted molar refractivity (Wildman–Crippen MR) is 125 cm³/mol. The lowest BCUT2D eigenvalue weighted by molar-refractivity contribution is 0.0216. The van der Waals surface area contributed by atoms with Gasteiger partial charge in [0.1, 0.15) is 15.8 Å². The third-order valence-corrected chi connectivity index (χ3v) is 7.13. The average molecular weight is 471 g/mol. The van der Waals surface area contributed by atoms with Gasteiger partial charge in [-0.3, -0.25) is 14.2 Å². The normalized spacial score (nSPS) is 14.3. The van der Waals surface area contributed by atoms with E-state index >= 15 is 0 Å². The smallest absolute Gasteiger partial charge is 0.348 e. The van der Waals surface area contributed by atoms with Crippen LogP contribution in [0.5, 0.6) is 11.5 Å². The Morgan fingerprint density at radius 3 is 2.55 bits per heavy atom. The molecule has 3 aromatic rings. The molecule has 174 valence electrons. The molecule has 9 heteroatoms. The first-order valence-corrected chi connectivity index (χ1v) is 11.7. The highest BCUT2D eigenvalue weighted by molar-refractivity contribution is 7.20. The lowest BCUT2D eigenvalue weighted by atomic mass is 9.98. The molecule has 0 saturated heterocycles. The Morgan fingerprint density at radius 1 is 1.12 bits per heavy atom. The zero-order valence-electron chi connectivity index (χ0n) is 18.9. The van der Waals surface area contributed by atoms with Crippen LogP contribution in [0, 0.1) is 6.92 Å². The van der Waals surface area contributed by atoms with E-state index < -0.39 is 5.97 Å². The van der Waals surface area contributed by atoms with E-state index in [1.54, 1.807) is 25.1 Å². The highest BCUT2D eigenvalue weighted by atomic mass is 32.1. The molecule has 2 aromatic heterocycles. The van der Waals surface area contributed by atoms with Gasteiger partial charge < -0.3 is 14.2 Å². The molecular weight excluding hydrogens is 444 g/mol. The highest BCUT2D eigenvalue weighted by Crippen LogP contribution is 2.30. The van der Waals surface area contributed by atoms with Crippen LogP contribution in [0.1, 0.15) is 57.7 Å². The van der Waals surface area contributed by atoms with Crippen molar-refractivity contribution in [3.63, 3.8) is 0 Å². The van der Waals surface area contributed by atoms with Gasteiger partial charge in [0.15, 0.2) is 17.3 Å². The number of nitrogens with zero attached hydrogens (tertiary/aromatic N) is 2. The standard InChI is InChI=1S/C24H26N2O6S/c1-14-20-22(33-21(14)24(29)32-16-7-5-4-6-8-16)25-13-26(23(20)28)12-17(27)15-9-10-18(30-2)19(11-15)31-3/h9-11,13,16H,4-8,12H2,1-3H3. The number of fused-ring (bicyclic) bond motifs is 1. The number of carbonyl (C=O) groups is 2. The van der Waals surface area contributed by atoms with Crippen LogP contribution in [0.3, 0.4) is 0 Å². The van der Waals surface area contributed by atoms with Gasteiger partial charge in [-0.05, 0) is 56.4 Å². The largest absolute Gasteiger partial charge is 0.493 e. The summed E-state index contributed by atoms with van der Waals surface area (Å²) < 4.78 is 17.4. The van der Waals surface area contributed by atoms with E-state index in [0.717, 1.165) is 37.0 Å². The number of ether oxygens (including phenoxy) is 3. The van der Waals surface area contributed by atoms with Crippen molar-refractivity contribution in [1.29, 1.82) is 0 Å². The van der Waals surface area contributed by atoms with Crippen molar-refractivity contribution in [2.45, 2.75) is 51.7 Å². The molecule has 0 atom stereocenters. The lowest BCUT2D eigenvalue weighted by Crippen LogP contribution is -2.25. The molecular formula is C24H26N2O6S. The molecule has 4 rings (SSSR count). The fourth-order valence-electron chi connectivity index (χ4n) is 4.11. The molecule has 1 aliphatic rings. The summed E-state index contributed by atoms with van der Waals surface area (Å²) >= 11 is 1.15. The average Bonchev–Trinajstić information content (AvgIpc) is 3.18. The first kappa shape index (κ1) is 23.0. The van der Waals surface area contributed by atoms with Crippen LogP contribution in [-0.2, 0) is 11.3 Å². The van der Waals surface area contributed by atoms with Crippen LogP contribution in [0.4, 0.5) is 0 Å². The van der Waals surface area contributed by atoms with E-state index in [2.05, 4.69) is 4.98 Å². The maximum absolute atomic E-state index is 13.1. The molecule has 33 heavy (non-hydrogen) atoms. The van der Waals surface area contributed by atoms with Crippen molar-refractivity contribution in [3.05, 3.63) is 50.9 Å². The maximum atomic E-state index is 13.1. The number of esters is 1. The molecule has 0 spiro atoms. The summed E-state index contributed by atoms with van der Waals surface area (Å²) in [5.74, 6) is 0.258. The van der Waals surface area contributed by atoms with E-state index in [9.17, 15) is 14.4 Å². The molecule has 1 aromatic carbocycles. The van der Waals surface area contributed by atoms with Crippen molar-refractivity contribution < 1.29 is 23.8 Å². The van der Waals surface area contributed by atoms with E-state index in [0.29, 0.717) is 37.7 Å². The summed E-state index contributed by atoms with van der Waals surface area (Å²) in [6.45, 7) is 1.54. The number of methoxy groups -OCH3 is 2. The van der Waals surface area contributed by atoms with Crippen molar-refractivity contribution in [1.82, 2.24) is 9.55 Å². The van der Waals surface area contributed by atoms with E-state index in [-0.39, 0.29) is 24.0 Å². The fraction of sp³-hybridized carbons (Fsp3) is 0.417. The van der Waals surface area contributed by atoms with E-state index in [1.165, 1.54) is 31.5 Å². The van der Waals surface area contributed by atoms with Gasteiger partial charge >= 0.3 is 5.97 Å². The van der Waals surface area contributed by atoms with Crippen molar-refractivity contribution in [3.8, 4) is 11.5 Å². The minimum atomic E-state index is -0.408. The zero-order chi connectivity index (χ0) is 23.5. The summed E-state index contributed by atoms with van der Waals surface area (Å²) in [6.07, 6.45) is 6.31. The Hall–Kier alpha value is -3.20.